The minimum absolute atomic E-state index is 0.194. The molecule has 0 aliphatic rings. The molecule has 5 N–H and O–H groups in total. The molecule has 0 rings (SSSR count). The Hall–Kier alpha value is -1.46. The summed E-state index contributed by atoms with van der Waals surface area (Å²) in [7, 11) is 1.54. The van der Waals surface area contributed by atoms with Crippen molar-refractivity contribution in [3.05, 3.63) is 0 Å². The summed E-state index contributed by atoms with van der Waals surface area (Å²) in [5, 5.41) is 2.42. The fraction of sp³-hybridized carbons (Fsp3) is 0.667. The van der Waals surface area contributed by atoms with Crippen LogP contribution in [0.15, 0.2) is 0 Å². The Bertz CT molecular complexity index is 182. The molecule has 0 spiro atoms. The lowest BCUT2D eigenvalue weighted by molar-refractivity contribution is 0.212. The van der Waals surface area contributed by atoms with Gasteiger partial charge < -0.3 is 21.7 Å². The highest BCUT2D eigenvalue weighted by atomic mass is 16.2. The molecule has 0 radical (unpaired) electrons. The number of rotatable bonds is 3. The number of amides is 4. The summed E-state index contributed by atoms with van der Waals surface area (Å²) in [4.78, 5) is 22.2. The summed E-state index contributed by atoms with van der Waals surface area (Å²) in [5.74, 6) is 0. The van der Waals surface area contributed by atoms with Gasteiger partial charge in [-0.1, -0.05) is 0 Å². The molecular weight excluding hydrogens is 160 g/mol. The zero-order chi connectivity index (χ0) is 9.72. The molecule has 12 heavy (non-hydrogen) atoms. The molecule has 6 nitrogen and oxygen atoms in total. The molecule has 0 heterocycles. The van der Waals surface area contributed by atoms with E-state index in [2.05, 4.69) is 5.32 Å². The second-order valence-electron chi connectivity index (χ2n) is 2.63. The Morgan fingerprint density at radius 1 is 1.50 bits per heavy atom. The van der Waals surface area contributed by atoms with Crippen molar-refractivity contribution in [3.8, 4) is 0 Å². The fourth-order valence-corrected chi connectivity index (χ4v) is 0.789. The normalized spacial score (nSPS) is 11.8. The molecule has 0 aromatic heterocycles. The van der Waals surface area contributed by atoms with Gasteiger partial charge in [0.25, 0.3) is 0 Å². The van der Waals surface area contributed by atoms with Gasteiger partial charge in [0.1, 0.15) is 0 Å². The average molecular weight is 174 g/mol. The number of nitrogens with one attached hydrogen (secondary N) is 1. The van der Waals surface area contributed by atoms with E-state index in [4.69, 9.17) is 11.5 Å². The van der Waals surface area contributed by atoms with Crippen LogP contribution < -0.4 is 16.8 Å². The molecule has 6 heteroatoms. The van der Waals surface area contributed by atoms with Crippen LogP contribution in [-0.2, 0) is 0 Å². The molecule has 0 aliphatic carbocycles. The predicted molar refractivity (Wildman–Crippen MR) is 44.4 cm³/mol. The number of primary amides is 2. The van der Waals surface area contributed by atoms with Crippen molar-refractivity contribution < 1.29 is 9.59 Å². The van der Waals surface area contributed by atoms with Crippen molar-refractivity contribution in [3.63, 3.8) is 0 Å². The van der Waals surface area contributed by atoms with Gasteiger partial charge in [0.15, 0.2) is 0 Å². The molecule has 70 valence electrons. The third-order valence-corrected chi connectivity index (χ3v) is 1.31. The number of carbonyl (C=O) groups excluding carboxylic acids is 2. The van der Waals surface area contributed by atoms with Gasteiger partial charge in [-0.05, 0) is 6.92 Å². The van der Waals surface area contributed by atoms with Crippen molar-refractivity contribution in [2.75, 3.05) is 13.6 Å². The molecule has 4 amide bonds. The Morgan fingerprint density at radius 2 is 2.00 bits per heavy atom. The third-order valence-electron chi connectivity index (χ3n) is 1.31. The lowest BCUT2D eigenvalue weighted by Crippen LogP contribution is -2.45. The van der Waals surface area contributed by atoms with Crippen molar-refractivity contribution >= 4 is 12.1 Å². The summed E-state index contributed by atoms with van der Waals surface area (Å²) in [6.07, 6.45) is 0. The summed E-state index contributed by atoms with van der Waals surface area (Å²) < 4.78 is 0. The van der Waals surface area contributed by atoms with Crippen molar-refractivity contribution in [2.45, 2.75) is 13.0 Å². The Morgan fingerprint density at radius 3 is 2.33 bits per heavy atom. The number of hydrogen-bond donors (Lipinski definition) is 3. The zero-order valence-electron chi connectivity index (χ0n) is 7.20. The first-order valence-electron chi connectivity index (χ1n) is 3.50. The van der Waals surface area contributed by atoms with Crippen LogP contribution in [0.5, 0.6) is 0 Å². The predicted octanol–water partition coefficient (Wildman–Crippen LogP) is -0.946. The summed E-state index contributed by atoms with van der Waals surface area (Å²) in [6, 6.07) is -1.34. The minimum atomic E-state index is -0.611. The quantitative estimate of drug-likeness (QED) is 0.514. The van der Waals surface area contributed by atoms with Crippen molar-refractivity contribution in [1.29, 1.82) is 0 Å². The molecule has 0 aromatic rings. The fourth-order valence-electron chi connectivity index (χ4n) is 0.789. The zero-order valence-corrected chi connectivity index (χ0v) is 7.20. The first-order valence-corrected chi connectivity index (χ1v) is 3.50. The van der Waals surface area contributed by atoms with Gasteiger partial charge in [-0.25, -0.2) is 9.59 Å². The molecule has 0 saturated heterocycles. The standard InChI is InChI=1S/C6H14N4O2/c1-4(9-5(7)11)3-10(2)6(8)12/h4H,3H2,1-2H3,(H2,8,12)(H3,7,9,11). The molecule has 0 saturated carbocycles. The van der Waals surface area contributed by atoms with Crippen LogP contribution in [0.25, 0.3) is 0 Å². The Kier molecular flexibility index (Phi) is 3.89. The van der Waals surface area contributed by atoms with E-state index in [1.54, 1.807) is 14.0 Å². The van der Waals surface area contributed by atoms with Gasteiger partial charge in [0, 0.05) is 19.6 Å². The average Bonchev–Trinajstić information content (AvgIpc) is 1.84. The molecule has 0 fully saturated rings. The summed E-state index contributed by atoms with van der Waals surface area (Å²) in [5.41, 5.74) is 9.82. The Labute approximate surface area is 70.9 Å². The maximum atomic E-state index is 10.5. The second-order valence-corrected chi connectivity index (χ2v) is 2.63. The highest BCUT2D eigenvalue weighted by molar-refractivity contribution is 5.73. The largest absolute Gasteiger partial charge is 0.352 e. The van der Waals surface area contributed by atoms with Gasteiger partial charge in [-0.2, -0.15) is 0 Å². The van der Waals surface area contributed by atoms with E-state index >= 15 is 0 Å². The first-order chi connectivity index (χ1) is 5.43. The molecular formula is C6H14N4O2. The maximum Gasteiger partial charge on any atom is 0.314 e. The van der Waals surface area contributed by atoms with Crippen molar-refractivity contribution in [2.24, 2.45) is 11.5 Å². The maximum absolute atomic E-state index is 10.5. The van der Waals surface area contributed by atoms with E-state index in [9.17, 15) is 9.59 Å². The third kappa shape index (κ3) is 4.37. The minimum Gasteiger partial charge on any atom is -0.352 e. The number of carbonyl (C=O) groups is 2. The number of nitrogens with zero attached hydrogens (tertiary/aromatic N) is 1. The first kappa shape index (κ1) is 10.5. The second kappa shape index (κ2) is 4.42. The number of hydrogen-bond acceptors (Lipinski definition) is 2. The van der Waals surface area contributed by atoms with E-state index in [0.717, 1.165) is 0 Å². The number of likely N-dealkylation sites (N-methyl/N-ethyl adjacent to an activating group) is 1. The monoisotopic (exact) mass is 174 g/mol. The van der Waals surface area contributed by atoms with Crippen LogP contribution in [0.1, 0.15) is 6.92 Å². The SMILES string of the molecule is CC(CN(C)C(N)=O)NC(N)=O. The van der Waals surface area contributed by atoms with Crippen LogP contribution in [0.3, 0.4) is 0 Å². The molecule has 1 unspecified atom stereocenters. The van der Waals surface area contributed by atoms with Crippen LogP contribution in [-0.4, -0.2) is 36.6 Å². The van der Waals surface area contributed by atoms with Crippen molar-refractivity contribution in [1.82, 2.24) is 10.2 Å². The van der Waals surface area contributed by atoms with Crippen LogP contribution in [0.2, 0.25) is 0 Å². The summed E-state index contributed by atoms with van der Waals surface area (Å²) in [6.45, 7) is 2.07. The van der Waals surface area contributed by atoms with Gasteiger partial charge >= 0.3 is 12.1 Å². The van der Waals surface area contributed by atoms with Gasteiger partial charge in [-0.15, -0.1) is 0 Å². The van der Waals surface area contributed by atoms with Crippen LogP contribution >= 0.6 is 0 Å². The topological polar surface area (TPSA) is 101 Å². The highest BCUT2D eigenvalue weighted by Gasteiger charge is 2.09. The van der Waals surface area contributed by atoms with E-state index < -0.39 is 12.1 Å². The van der Waals surface area contributed by atoms with Crippen LogP contribution in [0, 0.1) is 0 Å². The molecule has 0 aliphatic heterocycles. The Balaban J connectivity index is 3.76. The number of urea groups is 2. The van der Waals surface area contributed by atoms with E-state index in [0.29, 0.717) is 6.54 Å². The number of nitrogens with two attached hydrogens (primary N) is 2. The van der Waals surface area contributed by atoms with Gasteiger partial charge in [-0.3, -0.25) is 0 Å². The molecule has 0 aromatic carbocycles. The van der Waals surface area contributed by atoms with Crippen LogP contribution in [0.4, 0.5) is 9.59 Å². The van der Waals surface area contributed by atoms with E-state index in [1.807, 2.05) is 0 Å². The molecule has 0 bridgehead atoms. The molecule has 1 atom stereocenters. The van der Waals surface area contributed by atoms with Gasteiger partial charge in [0.05, 0.1) is 0 Å². The van der Waals surface area contributed by atoms with Gasteiger partial charge in [0.2, 0.25) is 0 Å². The van der Waals surface area contributed by atoms with E-state index in [1.165, 1.54) is 4.90 Å². The lowest BCUT2D eigenvalue weighted by atomic mass is 10.3. The summed E-state index contributed by atoms with van der Waals surface area (Å²) >= 11 is 0. The lowest BCUT2D eigenvalue weighted by Gasteiger charge is -2.19. The van der Waals surface area contributed by atoms with E-state index in [-0.39, 0.29) is 6.04 Å². The highest BCUT2D eigenvalue weighted by Crippen LogP contribution is 1.87. The smallest absolute Gasteiger partial charge is 0.314 e.